The Labute approximate surface area is 272 Å². The molecule has 6 nitrogen and oxygen atoms in total. The van der Waals surface area contributed by atoms with E-state index in [2.05, 4.69) is 43.2 Å². The Morgan fingerprint density at radius 1 is 1.09 bits per heavy atom. The summed E-state index contributed by atoms with van der Waals surface area (Å²) in [5, 5.41) is 3.67. The van der Waals surface area contributed by atoms with Crippen LogP contribution in [0.2, 0.25) is 0 Å². The maximum atomic E-state index is 15.5. The van der Waals surface area contributed by atoms with E-state index < -0.39 is 5.83 Å². The number of rotatable bonds is 3. The fraction of sp³-hybridized carbons (Fsp3) is 0.676. The van der Waals surface area contributed by atoms with E-state index in [-0.39, 0.29) is 46.7 Å². The minimum Gasteiger partial charge on any atom is -0.369 e. The van der Waals surface area contributed by atoms with Gasteiger partial charge in [0.1, 0.15) is 5.84 Å². The molecule has 7 rings (SSSR count). The number of nitrogens with zero attached hydrogens (tertiary/aromatic N) is 2. The molecule has 0 radical (unpaired) electrons. The monoisotopic (exact) mass is 634 g/mol. The molecular weight excluding hydrogens is 583 g/mol. The number of halogens is 1. The van der Waals surface area contributed by atoms with Gasteiger partial charge in [0.05, 0.1) is 29.6 Å². The molecule has 9 atom stereocenters. The maximum Gasteiger partial charge on any atom is 0.222 e. The number of amidine groups is 1. The second-order valence-electron chi connectivity index (χ2n) is 14.6. The highest BCUT2D eigenvalue weighted by atomic mass is 32.2. The molecule has 0 spiro atoms. The molecule has 3 fully saturated rings. The Bertz CT molecular complexity index is 1370. The molecule has 3 N–H and O–H groups in total. The van der Waals surface area contributed by atoms with Crippen LogP contribution in [0.5, 0.6) is 0 Å². The summed E-state index contributed by atoms with van der Waals surface area (Å²) in [5.74, 6) is 2.01. The summed E-state index contributed by atoms with van der Waals surface area (Å²) in [6.45, 7) is 6.79. The lowest BCUT2D eigenvalue weighted by molar-refractivity contribution is -0.123. The van der Waals surface area contributed by atoms with Gasteiger partial charge in [0.15, 0.2) is 11.6 Å². The third-order valence-electron chi connectivity index (χ3n) is 11.8. The first-order valence-corrected chi connectivity index (χ1v) is 18.6. The Morgan fingerprint density at radius 3 is 2.69 bits per heavy atom. The molecule has 8 heteroatoms. The predicted molar refractivity (Wildman–Crippen MR) is 184 cm³/mol. The number of hydrogen-bond donors (Lipinski definition) is 2. The highest BCUT2D eigenvalue weighted by Gasteiger charge is 2.55. The smallest absolute Gasteiger partial charge is 0.222 e. The molecule has 1 amide bonds. The Kier molecular flexibility index (Phi) is 10.2. The highest BCUT2D eigenvalue weighted by molar-refractivity contribution is 8.00. The summed E-state index contributed by atoms with van der Waals surface area (Å²) in [5.41, 5.74) is 9.12. The number of nitrogens with two attached hydrogens (primary N) is 1. The topological polar surface area (TPSA) is 96.9 Å². The van der Waals surface area contributed by atoms with Crippen LogP contribution in [-0.2, 0) is 4.79 Å². The van der Waals surface area contributed by atoms with Gasteiger partial charge in [-0.05, 0) is 79.4 Å². The van der Waals surface area contributed by atoms with Gasteiger partial charge in [-0.1, -0.05) is 71.8 Å². The molecule has 9 unspecified atom stereocenters. The summed E-state index contributed by atoms with van der Waals surface area (Å²) >= 11 is 1.71. The first-order valence-electron chi connectivity index (χ1n) is 17.6. The van der Waals surface area contributed by atoms with E-state index in [1.54, 1.807) is 11.8 Å². The van der Waals surface area contributed by atoms with E-state index >= 15 is 4.39 Å². The number of anilines is 1. The predicted octanol–water partition coefficient (Wildman–Crippen LogP) is 8.48. The van der Waals surface area contributed by atoms with Crippen LogP contribution in [-0.4, -0.2) is 40.3 Å². The summed E-state index contributed by atoms with van der Waals surface area (Å²) in [4.78, 5) is 36.3. The molecule has 1 aromatic carbocycles. The molecule has 0 saturated heterocycles. The molecule has 6 aliphatic rings. The van der Waals surface area contributed by atoms with Crippen molar-refractivity contribution < 1.29 is 14.0 Å². The lowest BCUT2D eigenvalue weighted by Gasteiger charge is -2.33. The van der Waals surface area contributed by atoms with Crippen molar-refractivity contribution in [3.63, 3.8) is 0 Å². The van der Waals surface area contributed by atoms with Crippen LogP contribution in [0.4, 0.5) is 10.1 Å². The van der Waals surface area contributed by atoms with Gasteiger partial charge in [0.25, 0.3) is 0 Å². The number of allylic oxidation sites excluding steroid dienone is 1. The van der Waals surface area contributed by atoms with E-state index in [0.29, 0.717) is 42.0 Å². The molecule has 0 aromatic heterocycles. The molecular formula is C37H51FN4O2S. The SMILES string of the molecule is CCC1CCCCC(C)C(c2ccc3cc2C(=O)CSC2CC4CC2C(N=C2CCC(C)C(=N/C=C/2F)N3)C4C(N)=O)CCC1. The van der Waals surface area contributed by atoms with Gasteiger partial charge in [-0.3, -0.25) is 14.6 Å². The summed E-state index contributed by atoms with van der Waals surface area (Å²) in [7, 11) is 0. The number of fused-ring (bicyclic) bond motifs is 6. The van der Waals surface area contributed by atoms with E-state index in [1.807, 2.05) is 6.07 Å². The number of carbonyl (C=O) groups excluding carboxylic acids is 2. The summed E-state index contributed by atoms with van der Waals surface area (Å²) < 4.78 is 15.5. The van der Waals surface area contributed by atoms with Crippen LogP contribution in [0, 0.1) is 35.5 Å². The molecule has 3 heterocycles. The number of carbonyl (C=O) groups is 2. The first-order chi connectivity index (χ1) is 21.7. The van der Waals surface area contributed by atoms with Crippen LogP contribution in [0.1, 0.15) is 120 Å². The van der Waals surface area contributed by atoms with E-state index in [0.717, 1.165) is 36.4 Å². The van der Waals surface area contributed by atoms with Crippen molar-refractivity contribution in [3.05, 3.63) is 41.4 Å². The van der Waals surface area contributed by atoms with Gasteiger partial charge in [0, 0.05) is 22.4 Å². The third kappa shape index (κ3) is 6.96. The number of primary amides is 1. The lowest BCUT2D eigenvalue weighted by atomic mass is 9.76. The standard InChI is InChI=1S/C37H51FN4O2S/c1-4-23-9-6-5-8-21(2)26(11-7-10-23)27-14-13-25-18-28(27)32(43)20-45-33-17-24-16-29(33)35(34(24)36(39)44)42-31-15-12-22(3)37(41-25)40-19-30(31)38/h13-14,18-19,21-24,26,29,33-35H,4-12,15-17,20H2,1-3H3,(H2,39,44)(H,40,41)/b30-19-,42-31?. The molecule has 3 aliphatic carbocycles. The summed E-state index contributed by atoms with van der Waals surface area (Å²) in [6.07, 6.45) is 14.0. The van der Waals surface area contributed by atoms with Gasteiger partial charge in [-0.15, -0.1) is 11.8 Å². The van der Waals surface area contributed by atoms with Crippen molar-refractivity contribution >= 4 is 40.7 Å². The van der Waals surface area contributed by atoms with Gasteiger partial charge in [-0.25, -0.2) is 9.38 Å². The van der Waals surface area contributed by atoms with Crippen molar-refractivity contribution in [2.45, 2.75) is 115 Å². The average molecular weight is 635 g/mol. The number of hydrogen-bond acceptors (Lipinski definition) is 6. The fourth-order valence-corrected chi connectivity index (χ4v) is 10.5. The van der Waals surface area contributed by atoms with Crippen molar-refractivity contribution in [2.75, 3.05) is 11.1 Å². The van der Waals surface area contributed by atoms with Crippen LogP contribution in [0.25, 0.3) is 0 Å². The summed E-state index contributed by atoms with van der Waals surface area (Å²) in [6, 6.07) is 5.97. The van der Waals surface area contributed by atoms with Crippen molar-refractivity contribution in [3.8, 4) is 0 Å². The Balaban J connectivity index is 1.38. The molecule has 3 aliphatic heterocycles. The molecule has 45 heavy (non-hydrogen) atoms. The third-order valence-corrected chi connectivity index (χ3v) is 13.2. The van der Waals surface area contributed by atoms with E-state index in [4.69, 9.17) is 10.7 Å². The van der Waals surface area contributed by atoms with Crippen molar-refractivity contribution in [1.82, 2.24) is 0 Å². The van der Waals surface area contributed by atoms with E-state index in [1.165, 1.54) is 56.7 Å². The number of thioether (sulfide) groups is 1. The highest BCUT2D eigenvalue weighted by Crippen LogP contribution is 2.54. The quantitative estimate of drug-likeness (QED) is 0.349. The Morgan fingerprint density at radius 2 is 1.89 bits per heavy atom. The van der Waals surface area contributed by atoms with Gasteiger partial charge < -0.3 is 11.1 Å². The second-order valence-corrected chi connectivity index (χ2v) is 15.8. The van der Waals surface area contributed by atoms with Crippen LogP contribution in [0.3, 0.4) is 0 Å². The zero-order valence-corrected chi connectivity index (χ0v) is 28.1. The number of amides is 1. The largest absolute Gasteiger partial charge is 0.369 e. The minimum atomic E-state index is -0.440. The zero-order valence-electron chi connectivity index (χ0n) is 27.3. The van der Waals surface area contributed by atoms with Crippen molar-refractivity contribution in [2.24, 2.45) is 51.2 Å². The van der Waals surface area contributed by atoms with Gasteiger partial charge in [-0.2, -0.15) is 0 Å². The molecule has 3 saturated carbocycles. The number of aliphatic imine (C=N–C) groups is 2. The molecule has 1 aromatic rings. The molecule has 6 bridgehead atoms. The first kappa shape index (κ1) is 32.5. The van der Waals surface area contributed by atoms with Gasteiger partial charge >= 0.3 is 0 Å². The van der Waals surface area contributed by atoms with Crippen LogP contribution in [0.15, 0.2) is 40.2 Å². The molecule has 244 valence electrons. The average Bonchev–Trinajstić information content (AvgIpc) is 3.60. The lowest BCUT2D eigenvalue weighted by Crippen LogP contribution is -2.41. The number of nitrogens with one attached hydrogen (secondary N) is 1. The zero-order chi connectivity index (χ0) is 31.7. The van der Waals surface area contributed by atoms with Gasteiger partial charge in [0.2, 0.25) is 5.91 Å². The minimum absolute atomic E-state index is 0.0337. The van der Waals surface area contributed by atoms with Crippen molar-refractivity contribution in [1.29, 1.82) is 0 Å². The number of Topliss-reactive ketones (excluding diaryl/α,β-unsaturated/α-hetero) is 1. The second kappa shape index (κ2) is 14.1. The van der Waals surface area contributed by atoms with E-state index in [9.17, 15) is 9.59 Å². The maximum absolute atomic E-state index is 15.5. The number of ketones is 1. The number of benzene rings is 1. The van der Waals surface area contributed by atoms with Crippen LogP contribution < -0.4 is 11.1 Å². The van der Waals surface area contributed by atoms with Crippen LogP contribution >= 0.6 is 11.8 Å². The normalized spacial score (nSPS) is 37.1. The Hall–Kier alpha value is -2.48. The fourth-order valence-electron chi connectivity index (χ4n) is 9.07.